The molecule has 1 aliphatic heterocycles. The van der Waals surface area contributed by atoms with Crippen LogP contribution in [0, 0.1) is 0 Å². The molecule has 0 fully saturated rings. The second kappa shape index (κ2) is 7.17. The van der Waals surface area contributed by atoms with Crippen LogP contribution in [-0.4, -0.2) is 39.0 Å². The van der Waals surface area contributed by atoms with Gasteiger partial charge in [0.25, 0.3) is 0 Å². The number of benzene rings is 2. The SMILES string of the molecule is COc1cccc(C2CC(c3ccc(Cl)cc3)=NN2S(C)(=O)=O)c1OC. The molecule has 0 saturated heterocycles. The van der Waals surface area contributed by atoms with Crippen molar-refractivity contribution in [2.75, 3.05) is 20.5 Å². The fraction of sp³-hybridized carbons (Fsp3) is 0.278. The summed E-state index contributed by atoms with van der Waals surface area (Å²) < 4.78 is 36.6. The minimum Gasteiger partial charge on any atom is -0.493 e. The van der Waals surface area contributed by atoms with Crippen molar-refractivity contribution in [1.82, 2.24) is 4.41 Å². The highest BCUT2D eigenvalue weighted by Gasteiger charge is 2.36. The molecular weight excluding hydrogens is 376 g/mol. The van der Waals surface area contributed by atoms with Crippen LogP contribution >= 0.6 is 11.6 Å². The van der Waals surface area contributed by atoms with Gasteiger partial charge in [0, 0.05) is 17.0 Å². The van der Waals surface area contributed by atoms with Crippen LogP contribution in [0.3, 0.4) is 0 Å². The fourth-order valence-corrected chi connectivity index (χ4v) is 4.04. The smallest absolute Gasteiger partial charge is 0.247 e. The number of hydrogen-bond donors (Lipinski definition) is 0. The highest BCUT2D eigenvalue weighted by atomic mass is 35.5. The third-order valence-corrected chi connectivity index (χ3v) is 5.45. The molecule has 1 aliphatic rings. The number of methoxy groups -OCH3 is 2. The molecule has 0 saturated carbocycles. The van der Waals surface area contributed by atoms with Gasteiger partial charge in [0.2, 0.25) is 10.0 Å². The van der Waals surface area contributed by atoms with Crippen molar-refractivity contribution >= 4 is 27.3 Å². The van der Waals surface area contributed by atoms with Crippen LogP contribution in [0.5, 0.6) is 11.5 Å². The standard InChI is InChI=1S/C18H19ClN2O4S/c1-24-17-6-4-5-14(18(17)25-2)16-11-15(20-21(16)26(3,22)23)12-7-9-13(19)10-8-12/h4-10,16H,11H2,1-3H3. The van der Waals surface area contributed by atoms with Crippen LogP contribution in [0.15, 0.2) is 47.6 Å². The number of sulfonamides is 1. The summed E-state index contributed by atoms with van der Waals surface area (Å²) in [5.74, 6) is 1.04. The van der Waals surface area contributed by atoms with E-state index in [1.807, 2.05) is 18.2 Å². The lowest BCUT2D eigenvalue weighted by Crippen LogP contribution is -2.26. The summed E-state index contributed by atoms with van der Waals surface area (Å²) in [6, 6.07) is 12.0. The van der Waals surface area contributed by atoms with Crippen molar-refractivity contribution in [2.24, 2.45) is 5.10 Å². The largest absolute Gasteiger partial charge is 0.493 e. The van der Waals surface area contributed by atoms with E-state index in [0.29, 0.717) is 34.2 Å². The number of halogens is 1. The molecule has 1 atom stereocenters. The first kappa shape index (κ1) is 18.5. The van der Waals surface area contributed by atoms with Crippen molar-refractivity contribution < 1.29 is 17.9 Å². The Balaban J connectivity index is 2.07. The van der Waals surface area contributed by atoms with E-state index in [1.54, 1.807) is 31.4 Å². The normalized spacial score (nSPS) is 17.2. The van der Waals surface area contributed by atoms with E-state index in [1.165, 1.54) is 7.11 Å². The predicted octanol–water partition coefficient (Wildman–Crippen LogP) is 3.47. The molecule has 0 amide bonds. The van der Waals surface area contributed by atoms with Crippen molar-refractivity contribution in [1.29, 1.82) is 0 Å². The number of para-hydroxylation sites is 1. The molecule has 0 N–H and O–H groups in total. The zero-order valence-corrected chi connectivity index (χ0v) is 16.2. The maximum Gasteiger partial charge on any atom is 0.247 e. The van der Waals surface area contributed by atoms with Crippen LogP contribution in [0.25, 0.3) is 0 Å². The van der Waals surface area contributed by atoms with Crippen LogP contribution in [0.1, 0.15) is 23.6 Å². The van der Waals surface area contributed by atoms with Gasteiger partial charge >= 0.3 is 0 Å². The van der Waals surface area contributed by atoms with Gasteiger partial charge in [-0.1, -0.05) is 35.9 Å². The highest BCUT2D eigenvalue weighted by molar-refractivity contribution is 7.88. The molecule has 138 valence electrons. The Hall–Kier alpha value is -2.25. The molecule has 0 aliphatic carbocycles. The zero-order valence-electron chi connectivity index (χ0n) is 14.6. The van der Waals surface area contributed by atoms with Crippen LogP contribution in [0.2, 0.25) is 5.02 Å². The summed E-state index contributed by atoms with van der Waals surface area (Å²) in [7, 11) is -0.498. The second-order valence-corrected chi connectivity index (χ2v) is 8.17. The molecule has 2 aromatic rings. The van der Waals surface area contributed by atoms with Gasteiger partial charge in [-0.15, -0.1) is 0 Å². The summed E-state index contributed by atoms with van der Waals surface area (Å²) >= 11 is 5.94. The maximum atomic E-state index is 12.3. The van der Waals surface area contributed by atoms with Gasteiger partial charge in [0.1, 0.15) is 0 Å². The minimum atomic E-state index is -3.57. The Morgan fingerprint density at radius 3 is 2.38 bits per heavy atom. The number of hydrogen-bond acceptors (Lipinski definition) is 5. The fourth-order valence-electron chi connectivity index (χ4n) is 3.02. The van der Waals surface area contributed by atoms with Crippen LogP contribution in [0.4, 0.5) is 0 Å². The molecule has 8 heteroatoms. The topological polar surface area (TPSA) is 68.2 Å². The van der Waals surface area contributed by atoms with E-state index in [9.17, 15) is 8.42 Å². The molecule has 0 aromatic heterocycles. The first-order chi connectivity index (χ1) is 12.3. The quantitative estimate of drug-likeness (QED) is 0.778. The lowest BCUT2D eigenvalue weighted by molar-refractivity contribution is 0.329. The average Bonchev–Trinajstić information content (AvgIpc) is 3.07. The molecule has 6 nitrogen and oxygen atoms in total. The third kappa shape index (κ3) is 3.50. The summed E-state index contributed by atoms with van der Waals surface area (Å²) in [5.41, 5.74) is 2.19. The zero-order chi connectivity index (χ0) is 18.9. The molecule has 1 heterocycles. The molecule has 2 aromatic carbocycles. The summed E-state index contributed by atoms with van der Waals surface area (Å²) in [6.45, 7) is 0. The van der Waals surface area contributed by atoms with Gasteiger partial charge in [0.15, 0.2) is 11.5 Å². The monoisotopic (exact) mass is 394 g/mol. The van der Waals surface area contributed by atoms with E-state index in [4.69, 9.17) is 21.1 Å². The number of nitrogens with zero attached hydrogens (tertiary/aromatic N) is 2. The number of ether oxygens (including phenoxy) is 2. The van der Waals surface area contributed by atoms with Crippen molar-refractivity contribution in [3.8, 4) is 11.5 Å². The van der Waals surface area contributed by atoms with Crippen molar-refractivity contribution in [2.45, 2.75) is 12.5 Å². The lowest BCUT2D eigenvalue weighted by atomic mass is 9.98. The molecule has 26 heavy (non-hydrogen) atoms. The minimum absolute atomic E-state index is 0.415. The van der Waals surface area contributed by atoms with E-state index >= 15 is 0 Å². The Morgan fingerprint density at radius 1 is 1.12 bits per heavy atom. The van der Waals surface area contributed by atoms with Crippen molar-refractivity contribution in [3.05, 3.63) is 58.6 Å². The maximum absolute atomic E-state index is 12.3. The van der Waals surface area contributed by atoms with Gasteiger partial charge in [-0.2, -0.15) is 9.52 Å². The summed E-state index contributed by atoms with van der Waals surface area (Å²) in [4.78, 5) is 0. The molecule has 1 unspecified atom stereocenters. The van der Waals surface area contributed by atoms with Gasteiger partial charge in [0.05, 0.1) is 32.2 Å². The predicted molar refractivity (Wildman–Crippen MR) is 102 cm³/mol. The Morgan fingerprint density at radius 2 is 1.81 bits per heavy atom. The molecule has 0 spiro atoms. The molecule has 0 bridgehead atoms. The average molecular weight is 395 g/mol. The van der Waals surface area contributed by atoms with Gasteiger partial charge in [-0.3, -0.25) is 0 Å². The first-order valence-corrected chi connectivity index (χ1v) is 10.1. The van der Waals surface area contributed by atoms with Crippen LogP contribution < -0.4 is 9.47 Å². The molecule has 0 radical (unpaired) electrons. The van der Waals surface area contributed by atoms with Crippen LogP contribution in [-0.2, 0) is 10.0 Å². The van der Waals surface area contributed by atoms with Gasteiger partial charge < -0.3 is 9.47 Å². The lowest BCUT2D eigenvalue weighted by Gasteiger charge is -2.23. The third-order valence-electron chi connectivity index (χ3n) is 4.18. The Bertz CT molecular complexity index is 942. The Labute approximate surface area is 158 Å². The highest BCUT2D eigenvalue weighted by Crippen LogP contribution is 2.42. The van der Waals surface area contributed by atoms with Gasteiger partial charge in [-0.05, 0) is 23.8 Å². The summed E-state index contributed by atoms with van der Waals surface area (Å²) in [6.07, 6.45) is 1.55. The van der Waals surface area contributed by atoms with E-state index in [0.717, 1.165) is 16.2 Å². The molecular formula is C18H19ClN2O4S. The first-order valence-electron chi connectivity index (χ1n) is 7.89. The second-order valence-electron chi connectivity index (χ2n) is 5.89. The summed E-state index contributed by atoms with van der Waals surface area (Å²) in [5, 5.41) is 4.98. The Kier molecular flexibility index (Phi) is 5.11. The number of hydrazone groups is 1. The molecule has 3 rings (SSSR count). The van der Waals surface area contributed by atoms with E-state index < -0.39 is 16.1 Å². The van der Waals surface area contributed by atoms with E-state index in [2.05, 4.69) is 5.10 Å². The van der Waals surface area contributed by atoms with Gasteiger partial charge in [-0.25, -0.2) is 8.42 Å². The number of rotatable bonds is 5. The van der Waals surface area contributed by atoms with Crippen molar-refractivity contribution in [3.63, 3.8) is 0 Å². The van der Waals surface area contributed by atoms with E-state index in [-0.39, 0.29) is 0 Å².